The molecule has 0 aliphatic rings. The largest absolute Gasteiger partial charge is 0.497 e. The van der Waals surface area contributed by atoms with E-state index in [-0.39, 0.29) is 0 Å². The van der Waals surface area contributed by atoms with Crippen molar-refractivity contribution in [3.8, 4) is 16.5 Å². The van der Waals surface area contributed by atoms with E-state index in [1.54, 1.807) is 18.4 Å². The number of hydrogen-bond acceptors (Lipinski definition) is 4. The molecule has 0 unspecified atom stereocenters. The second kappa shape index (κ2) is 4.79. The molecule has 0 amide bonds. The highest BCUT2D eigenvalue weighted by molar-refractivity contribution is 7.13. The fourth-order valence-corrected chi connectivity index (χ4v) is 2.85. The predicted octanol–water partition coefficient (Wildman–Crippen LogP) is 4.33. The third kappa shape index (κ3) is 2.17. The van der Waals surface area contributed by atoms with Crippen LogP contribution in [0, 0.1) is 6.92 Å². The van der Waals surface area contributed by atoms with Crippen molar-refractivity contribution >= 4 is 33.8 Å². The van der Waals surface area contributed by atoms with Crippen molar-refractivity contribution in [3.05, 3.63) is 40.4 Å². The normalized spacial score (nSPS) is 10.9. The van der Waals surface area contributed by atoms with E-state index in [0.29, 0.717) is 11.0 Å². The third-order valence-electron chi connectivity index (χ3n) is 2.90. The van der Waals surface area contributed by atoms with Crippen LogP contribution in [0.25, 0.3) is 21.6 Å². The van der Waals surface area contributed by atoms with Gasteiger partial charge in [0.15, 0.2) is 5.82 Å². The lowest BCUT2D eigenvalue weighted by Crippen LogP contribution is -1.94. The van der Waals surface area contributed by atoms with Crippen molar-refractivity contribution in [2.45, 2.75) is 6.92 Å². The number of benzene rings is 1. The first kappa shape index (κ1) is 12.4. The zero-order valence-electron chi connectivity index (χ0n) is 10.5. The molecule has 3 rings (SSSR count). The SMILES string of the molecule is COc1cc(C)c2nc(-c3cccs3)nc(Cl)c2c1. The van der Waals surface area contributed by atoms with E-state index in [9.17, 15) is 0 Å². The lowest BCUT2D eigenvalue weighted by atomic mass is 10.1. The van der Waals surface area contributed by atoms with E-state index >= 15 is 0 Å². The van der Waals surface area contributed by atoms with Gasteiger partial charge >= 0.3 is 0 Å². The number of nitrogens with zero attached hydrogens (tertiary/aromatic N) is 2. The summed E-state index contributed by atoms with van der Waals surface area (Å²) in [4.78, 5) is 10.00. The maximum absolute atomic E-state index is 6.28. The molecule has 2 heterocycles. The molecule has 0 radical (unpaired) electrons. The summed E-state index contributed by atoms with van der Waals surface area (Å²) in [5.41, 5.74) is 1.89. The molecule has 0 atom stereocenters. The highest BCUT2D eigenvalue weighted by atomic mass is 35.5. The first-order valence-electron chi connectivity index (χ1n) is 5.75. The molecule has 0 saturated heterocycles. The summed E-state index contributed by atoms with van der Waals surface area (Å²) in [6, 6.07) is 7.77. The number of halogens is 1. The van der Waals surface area contributed by atoms with Gasteiger partial charge in [-0.15, -0.1) is 11.3 Å². The number of methoxy groups -OCH3 is 1. The van der Waals surface area contributed by atoms with Gasteiger partial charge in [0, 0.05) is 5.39 Å². The Morgan fingerprint density at radius 3 is 2.79 bits per heavy atom. The van der Waals surface area contributed by atoms with Crippen molar-refractivity contribution < 1.29 is 4.74 Å². The Kier molecular flexibility index (Phi) is 3.12. The summed E-state index contributed by atoms with van der Waals surface area (Å²) in [6.07, 6.45) is 0. The maximum atomic E-state index is 6.28. The molecule has 0 spiro atoms. The molecule has 0 fully saturated rings. The quantitative estimate of drug-likeness (QED) is 0.659. The minimum atomic E-state index is 0.454. The van der Waals surface area contributed by atoms with Gasteiger partial charge in [-0.25, -0.2) is 9.97 Å². The summed E-state index contributed by atoms with van der Waals surface area (Å²) in [7, 11) is 1.63. The van der Waals surface area contributed by atoms with Crippen LogP contribution in [0.15, 0.2) is 29.6 Å². The van der Waals surface area contributed by atoms with Crippen LogP contribution in [0.4, 0.5) is 0 Å². The average Bonchev–Trinajstić information content (AvgIpc) is 2.93. The zero-order valence-corrected chi connectivity index (χ0v) is 12.0. The van der Waals surface area contributed by atoms with Crippen LogP contribution in [0.3, 0.4) is 0 Å². The van der Waals surface area contributed by atoms with Crippen LogP contribution >= 0.6 is 22.9 Å². The van der Waals surface area contributed by atoms with Crippen molar-refractivity contribution in [2.24, 2.45) is 0 Å². The van der Waals surface area contributed by atoms with E-state index in [2.05, 4.69) is 9.97 Å². The highest BCUT2D eigenvalue weighted by Gasteiger charge is 2.11. The Bertz CT molecular complexity index is 741. The molecule has 3 nitrogen and oxygen atoms in total. The molecule has 0 bridgehead atoms. The third-order valence-corrected chi connectivity index (χ3v) is 4.05. The average molecular weight is 291 g/mol. The second-order valence-corrected chi connectivity index (χ2v) is 5.46. The summed E-state index contributed by atoms with van der Waals surface area (Å²) in [5, 5.41) is 3.27. The van der Waals surface area contributed by atoms with E-state index in [0.717, 1.165) is 27.1 Å². The maximum Gasteiger partial charge on any atom is 0.171 e. The van der Waals surface area contributed by atoms with Gasteiger partial charge in [-0.2, -0.15) is 0 Å². The van der Waals surface area contributed by atoms with Gasteiger partial charge in [0.1, 0.15) is 10.9 Å². The zero-order chi connectivity index (χ0) is 13.4. The molecular weight excluding hydrogens is 280 g/mol. The molecule has 1 aromatic carbocycles. The standard InChI is InChI=1S/C14H11ClN2OS/c1-8-6-9(18-2)7-10-12(8)16-14(17-13(10)15)11-4-3-5-19-11/h3-7H,1-2H3. The summed E-state index contributed by atoms with van der Waals surface area (Å²) in [5.74, 6) is 1.43. The lowest BCUT2D eigenvalue weighted by Gasteiger charge is -2.08. The van der Waals surface area contributed by atoms with E-state index in [1.807, 2.05) is 36.6 Å². The molecule has 0 saturated carbocycles. The number of aromatic nitrogens is 2. The van der Waals surface area contributed by atoms with Crippen LogP contribution in [0.5, 0.6) is 5.75 Å². The number of aryl methyl sites for hydroxylation is 1. The lowest BCUT2D eigenvalue weighted by molar-refractivity contribution is 0.415. The Morgan fingerprint density at radius 1 is 1.26 bits per heavy atom. The summed E-state index contributed by atoms with van der Waals surface area (Å²) in [6.45, 7) is 1.99. The Balaban J connectivity index is 2.29. The van der Waals surface area contributed by atoms with E-state index in [1.165, 1.54) is 0 Å². The monoisotopic (exact) mass is 290 g/mol. The number of fused-ring (bicyclic) bond motifs is 1. The molecule has 96 valence electrons. The van der Waals surface area contributed by atoms with Crippen LogP contribution in [0.1, 0.15) is 5.56 Å². The van der Waals surface area contributed by atoms with Crippen molar-refractivity contribution in [1.29, 1.82) is 0 Å². The van der Waals surface area contributed by atoms with Gasteiger partial charge in [0.05, 0.1) is 17.5 Å². The van der Waals surface area contributed by atoms with Crippen LogP contribution in [-0.4, -0.2) is 17.1 Å². The molecule has 2 aromatic heterocycles. The van der Waals surface area contributed by atoms with Crippen molar-refractivity contribution in [2.75, 3.05) is 7.11 Å². The fraction of sp³-hybridized carbons (Fsp3) is 0.143. The molecule has 19 heavy (non-hydrogen) atoms. The fourth-order valence-electron chi connectivity index (χ4n) is 1.97. The highest BCUT2D eigenvalue weighted by Crippen LogP contribution is 2.31. The number of hydrogen-bond donors (Lipinski definition) is 0. The van der Waals surface area contributed by atoms with Gasteiger partial charge < -0.3 is 4.74 Å². The van der Waals surface area contributed by atoms with Crippen LogP contribution in [0.2, 0.25) is 5.15 Å². The molecular formula is C14H11ClN2OS. The molecule has 5 heteroatoms. The number of rotatable bonds is 2. The van der Waals surface area contributed by atoms with Gasteiger partial charge in [0.2, 0.25) is 0 Å². The molecule has 0 aliphatic heterocycles. The Labute approximate surface area is 119 Å². The minimum absolute atomic E-state index is 0.454. The summed E-state index contributed by atoms with van der Waals surface area (Å²) < 4.78 is 5.25. The van der Waals surface area contributed by atoms with Crippen LogP contribution < -0.4 is 4.74 Å². The molecule has 0 N–H and O–H groups in total. The first-order valence-corrected chi connectivity index (χ1v) is 7.00. The van der Waals surface area contributed by atoms with Crippen LogP contribution in [-0.2, 0) is 0 Å². The minimum Gasteiger partial charge on any atom is -0.497 e. The van der Waals surface area contributed by atoms with Gasteiger partial charge in [-0.3, -0.25) is 0 Å². The smallest absolute Gasteiger partial charge is 0.171 e. The second-order valence-electron chi connectivity index (χ2n) is 4.16. The van der Waals surface area contributed by atoms with Crippen molar-refractivity contribution in [3.63, 3.8) is 0 Å². The van der Waals surface area contributed by atoms with E-state index < -0.39 is 0 Å². The van der Waals surface area contributed by atoms with Crippen molar-refractivity contribution in [1.82, 2.24) is 9.97 Å². The number of ether oxygens (including phenoxy) is 1. The number of thiophene rings is 1. The van der Waals surface area contributed by atoms with Gasteiger partial charge in [-0.05, 0) is 36.1 Å². The van der Waals surface area contributed by atoms with Gasteiger partial charge in [0.25, 0.3) is 0 Å². The Morgan fingerprint density at radius 2 is 2.11 bits per heavy atom. The first-order chi connectivity index (χ1) is 9.19. The van der Waals surface area contributed by atoms with Gasteiger partial charge in [-0.1, -0.05) is 17.7 Å². The molecule has 0 aliphatic carbocycles. The topological polar surface area (TPSA) is 35.0 Å². The summed E-state index contributed by atoms with van der Waals surface area (Å²) >= 11 is 7.88. The van der Waals surface area contributed by atoms with E-state index in [4.69, 9.17) is 16.3 Å². The predicted molar refractivity (Wildman–Crippen MR) is 79.2 cm³/mol. The molecule has 3 aromatic rings. The Hall–Kier alpha value is -1.65.